The van der Waals surface area contributed by atoms with Crippen molar-refractivity contribution in [2.75, 3.05) is 20.3 Å². The van der Waals surface area contributed by atoms with Crippen molar-refractivity contribution in [3.63, 3.8) is 0 Å². The lowest BCUT2D eigenvalue weighted by atomic mass is 10.1. The summed E-state index contributed by atoms with van der Waals surface area (Å²) < 4.78 is 15.8. The molecule has 0 aliphatic carbocycles. The van der Waals surface area contributed by atoms with Crippen molar-refractivity contribution in [1.29, 1.82) is 0 Å². The van der Waals surface area contributed by atoms with E-state index in [2.05, 4.69) is 0 Å². The minimum Gasteiger partial charge on any atom is -0.497 e. The zero-order chi connectivity index (χ0) is 12.8. The van der Waals surface area contributed by atoms with Gasteiger partial charge in [-0.05, 0) is 24.1 Å². The van der Waals surface area contributed by atoms with Gasteiger partial charge >= 0.3 is 0 Å². The summed E-state index contributed by atoms with van der Waals surface area (Å²) in [6, 6.07) is 7.52. The predicted octanol–water partition coefficient (Wildman–Crippen LogP) is 1.96. The number of ketones is 1. The second-order valence-corrected chi connectivity index (χ2v) is 4.29. The highest BCUT2D eigenvalue weighted by molar-refractivity contribution is 5.81. The van der Waals surface area contributed by atoms with Gasteiger partial charge < -0.3 is 14.2 Å². The molecule has 0 atom stereocenters. The molecule has 18 heavy (non-hydrogen) atoms. The topological polar surface area (TPSA) is 44.8 Å². The maximum atomic E-state index is 11.8. The Kier molecular flexibility index (Phi) is 4.73. The average Bonchev–Trinajstić information content (AvgIpc) is 2.40. The average molecular weight is 250 g/mol. The SMILES string of the molecule is COc1ccc(CC(=O)CC2OCCCO2)cc1. The first-order chi connectivity index (χ1) is 8.78. The van der Waals surface area contributed by atoms with E-state index in [1.54, 1.807) is 7.11 Å². The molecule has 1 fully saturated rings. The Labute approximate surface area is 107 Å². The van der Waals surface area contributed by atoms with Crippen molar-refractivity contribution in [2.24, 2.45) is 0 Å². The van der Waals surface area contributed by atoms with Crippen molar-refractivity contribution < 1.29 is 19.0 Å². The number of carbonyl (C=O) groups is 1. The van der Waals surface area contributed by atoms with Crippen LogP contribution >= 0.6 is 0 Å². The molecule has 0 spiro atoms. The fraction of sp³-hybridized carbons (Fsp3) is 0.500. The van der Waals surface area contributed by atoms with Gasteiger partial charge in [-0.15, -0.1) is 0 Å². The van der Waals surface area contributed by atoms with Crippen LogP contribution in [0.15, 0.2) is 24.3 Å². The molecule has 2 rings (SSSR count). The predicted molar refractivity (Wildman–Crippen MR) is 66.6 cm³/mol. The molecule has 1 aliphatic rings. The van der Waals surface area contributed by atoms with Gasteiger partial charge in [0, 0.05) is 6.42 Å². The normalized spacial score (nSPS) is 16.5. The standard InChI is InChI=1S/C14H18O4/c1-16-13-5-3-11(4-6-13)9-12(15)10-14-17-7-2-8-18-14/h3-6,14H,2,7-10H2,1H3. The second kappa shape index (κ2) is 6.52. The number of Topliss-reactive ketones (excluding diaryl/α,β-unsaturated/α-hetero) is 1. The molecule has 0 saturated carbocycles. The summed E-state index contributed by atoms with van der Waals surface area (Å²) in [7, 11) is 1.62. The highest BCUT2D eigenvalue weighted by atomic mass is 16.7. The van der Waals surface area contributed by atoms with Crippen LogP contribution in [0.4, 0.5) is 0 Å². The van der Waals surface area contributed by atoms with Gasteiger partial charge in [0.05, 0.1) is 26.7 Å². The molecule has 0 aromatic heterocycles. The maximum absolute atomic E-state index is 11.8. The van der Waals surface area contributed by atoms with Crippen LogP contribution in [0.5, 0.6) is 5.75 Å². The molecule has 4 nitrogen and oxygen atoms in total. The Morgan fingerprint density at radius 3 is 2.56 bits per heavy atom. The van der Waals surface area contributed by atoms with Crippen molar-refractivity contribution in [3.05, 3.63) is 29.8 Å². The van der Waals surface area contributed by atoms with E-state index in [9.17, 15) is 4.79 Å². The smallest absolute Gasteiger partial charge is 0.164 e. The molecule has 4 heteroatoms. The van der Waals surface area contributed by atoms with Crippen molar-refractivity contribution in [1.82, 2.24) is 0 Å². The minimum absolute atomic E-state index is 0.132. The van der Waals surface area contributed by atoms with E-state index in [1.807, 2.05) is 24.3 Å². The van der Waals surface area contributed by atoms with Crippen molar-refractivity contribution >= 4 is 5.78 Å². The summed E-state index contributed by atoms with van der Waals surface area (Å²) in [5, 5.41) is 0. The van der Waals surface area contributed by atoms with Gasteiger partial charge in [-0.25, -0.2) is 0 Å². The van der Waals surface area contributed by atoms with Crippen LogP contribution in [0, 0.1) is 0 Å². The molecule has 1 aromatic carbocycles. The van der Waals surface area contributed by atoms with Crippen LogP contribution in [0.1, 0.15) is 18.4 Å². The lowest BCUT2D eigenvalue weighted by Crippen LogP contribution is -2.27. The number of hydrogen-bond acceptors (Lipinski definition) is 4. The summed E-state index contributed by atoms with van der Waals surface area (Å²) in [6.07, 6.45) is 1.28. The monoisotopic (exact) mass is 250 g/mol. The molecule has 0 amide bonds. The van der Waals surface area contributed by atoms with E-state index in [4.69, 9.17) is 14.2 Å². The fourth-order valence-electron chi connectivity index (χ4n) is 1.88. The third-order valence-electron chi connectivity index (χ3n) is 2.85. The summed E-state index contributed by atoms with van der Waals surface area (Å²) >= 11 is 0. The summed E-state index contributed by atoms with van der Waals surface area (Å²) in [6.45, 7) is 1.36. The van der Waals surface area contributed by atoms with Crippen LogP contribution in [-0.2, 0) is 20.7 Å². The third kappa shape index (κ3) is 3.82. The summed E-state index contributed by atoms with van der Waals surface area (Å²) in [5.74, 6) is 0.928. The molecule has 1 aromatic rings. The Morgan fingerprint density at radius 2 is 1.94 bits per heavy atom. The van der Waals surface area contributed by atoms with Crippen LogP contribution in [0.3, 0.4) is 0 Å². The Hall–Kier alpha value is -1.39. The lowest BCUT2D eigenvalue weighted by Gasteiger charge is -2.22. The molecule has 0 bridgehead atoms. The van der Waals surface area contributed by atoms with Crippen molar-refractivity contribution in [3.8, 4) is 5.75 Å². The van der Waals surface area contributed by atoms with Crippen molar-refractivity contribution in [2.45, 2.75) is 25.6 Å². The Bertz CT molecular complexity index is 379. The molecular formula is C14H18O4. The molecular weight excluding hydrogens is 232 g/mol. The maximum Gasteiger partial charge on any atom is 0.164 e. The van der Waals surface area contributed by atoms with E-state index >= 15 is 0 Å². The number of methoxy groups -OCH3 is 1. The van der Waals surface area contributed by atoms with Gasteiger partial charge in [-0.2, -0.15) is 0 Å². The molecule has 1 saturated heterocycles. The number of ether oxygens (including phenoxy) is 3. The largest absolute Gasteiger partial charge is 0.497 e. The molecule has 0 N–H and O–H groups in total. The number of hydrogen-bond donors (Lipinski definition) is 0. The van der Waals surface area contributed by atoms with E-state index in [0.717, 1.165) is 17.7 Å². The highest BCUT2D eigenvalue weighted by Gasteiger charge is 2.18. The molecule has 98 valence electrons. The minimum atomic E-state index is -0.357. The van der Waals surface area contributed by atoms with E-state index < -0.39 is 0 Å². The molecule has 0 radical (unpaired) electrons. The number of carbonyl (C=O) groups excluding carboxylic acids is 1. The number of rotatable bonds is 5. The fourth-order valence-corrected chi connectivity index (χ4v) is 1.88. The Balaban J connectivity index is 1.82. The Morgan fingerprint density at radius 1 is 1.28 bits per heavy atom. The van der Waals surface area contributed by atoms with Gasteiger partial charge in [-0.3, -0.25) is 4.79 Å². The van der Waals surface area contributed by atoms with Gasteiger partial charge in [0.15, 0.2) is 6.29 Å². The summed E-state index contributed by atoms with van der Waals surface area (Å²) in [4.78, 5) is 11.8. The van der Waals surface area contributed by atoms with E-state index in [0.29, 0.717) is 26.1 Å². The van der Waals surface area contributed by atoms with Crippen LogP contribution in [0.25, 0.3) is 0 Å². The number of benzene rings is 1. The molecule has 1 aliphatic heterocycles. The third-order valence-corrected chi connectivity index (χ3v) is 2.85. The van der Waals surface area contributed by atoms with Gasteiger partial charge in [0.1, 0.15) is 11.5 Å². The molecule has 1 heterocycles. The first-order valence-corrected chi connectivity index (χ1v) is 6.16. The van der Waals surface area contributed by atoms with Crippen LogP contribution < -0.4 is 4.74 Å². The van der Waals surface area contributed by atoms with Crippen LogP contribution in [0.2, 0.25) is 0 Å². The second-order valence-electron chi connectivity index (χ2n) is 4.29. The molecule has 0 unspecified atom stereocenters. The quantitative estimate of drug-likeness (QED) is 0.801. The zero-order valence-electron chi connectivity index (χ0n) is 10.6. The van der Waals surface area contributed by atoms with Gasteiger partial charge in [0.25, 0.3) is 0 Å². The van der Waals surface area contributed by atoms with Gasteiger partial charge in [0.2, 0.25) is 0 Å². The van der Waals surface area contributed by atoms with Crippen LogP contribution in [-0.4, -0.2) is 32.4 Å². The first-order valence-electron chi connectivity index (χ1n) is 6.16. The first kappa shape index (κ1) is 13.1. The highest BCUT2D eigenvalue weighted by Crippen LogP contribution is 2.14. The van der Waals surface area contributed by atoms with E-state index in [1.165, 1.54) is 0 Å². The lowest BCUT2D eigenvalue weighted by molar-refractivity contribution is -0.183. The zero-order valence-corrected chi connectivity index (χ0v) is 10.6. The van der Waals surface area contributed by atoms with E-state index in [-0.39, 0.29) is 12.1 Å². The van der Waals surface area contributed by atoms with Gasteiger partial charge in [-0.1, -0.05) is 12.1 Å². The summed E-state index contributed by atoms with van der Waals surface area (Å²) in [5.41, 5.74) is 0.983.